The maximum absolute atomic E-state index is 13.4. The molecule has 8 nitrogen and oxygen atoms in total. The molecule has 1 N–H and O–H groups in total. The van der Waals surface area contributed by atoms with Crippen LogP contribution in [-0.2, 0) is 14.8 Å². The molecule has 3 rings (SSSR count). The quantitative estimate of drug-likeness (QED) is 0.333. The van der Waals surface area contributed by atoms with Crippen molar-refractivity contribution in [1.29, 1.82) is 0 Å². The number of sulfonamides is 1. The molecular weight excluding hydrogens is 501 g/mol. The number of amides is 1. The predicted molar refractivity (Wildman–Crippen MR) is 133 cm³/mol. The summed E-state index contributed by atoms with van der Waals surface area (Å²) in [5, 5.41) is 4.08. The second-order valence-corrected chi connectivity index (χ2v) is 9.45. The highest BCUT2D eigenvalue weighted by atomic mass is 35.5. The number of carbonyl (C=O) groups excluding carboxylic acids is 1. The SMILES string of the molecule is COc1ccc(OC)c(/C=N\NC(=O)CN(c2cccc(Cl)c2Cl)S(=O)(=O)c2ccccc2)c1. The molecule has 0 fully saturated rings. The molecule has 11 heteroatoms. The highest BCUT2D eigenvalue weighted by Gasteiger charge is 2.29. The van der Waals surface area contributed by atoms with Gasteiger partial charge in [-0.05, 0) is 42.5 Å². The third kappa shape index (κ3) is 5.80. The number of ether oxygens (including phenoxy) is 2. The zero-order valence-electron chi connectivity index (χ0n) is 18.2. The van der Waals surface area contributed by atoms with Crippen LogP contribution in [0.1, 0.15) is 5.56 Å². The van der Waals surface area contributed by atoms with Crippen LogP contribution in [0.4, 0.5) is 5.69 Å². The molecule has 1 amide bonds. The first-order chi connectivity index (χ1) is 16.3. The zero-order chi connectivity index (χ0) is 24.7. The van der Waals surface area contributed by atoms with Gasteiger partial charge in [-0.1, -0.05) is 47.5 Å². The Kier molecular flexibility index (Phi) is 8.38. The molecule has 0 atom stereocenters. The number of nitrogens with one attached hydrogen (secondary N) is 1. The van der Waals surface area contributed by atoms with Crippen LogP contribution in [-0.4, -0.2) is 41.3 Å². The van der Waals surface area contributed by atoms with Gasteiger partial charge >= 0.3 is 0 Å². The molecule has 0 aliphatic rings. The van der Waals surface area contributed by atoms with Crippen LogP contribution >= 0.6 is 23.2 Å². The van der Waals surface area contributed by atoms with Gasteiger partial charge in [0.05, 0.1) is 41.1 Å². The van der Waals surface area contributed by atoms with E-state index in [1.807, 2.05) is 0 Å². The predicted octanol–water partition coefficient (Wildman–Crippen LogP) is 4.36. The van der Waals surface area contributed by atoms with Gasteiger partial charge in [-0.15, -0.1) is 0 Å². The molecule has 0 saturated carbocycles. The number of hydrogen-bond donors (Lipinski definition) is 1. The molecule has 0 aliphatic carbocycles. The lowest BCUT2D eigenvalue weighted by atomic mass is 10.2. The van der Waals surface area contributed by atoms with Gasteiger partial charge in [0.15, 0.2) is 0 Å². The maximum atomic E-state index is 13.4. The molecule has 0 radical (unpaired) electrons. The number of methoxy groups -OCH3 is 2. The summed E-state index contributed by atoms with van der Waals surface area (Å²) in [5.74, 6) is 0.385. The minimum Gasteiger partial charge on any atom is -0.497 e. The van der Waals surface area contributed by atoms with E-state index in [1.165, 1.54) is 44.7 Å². The lowest BCUT2D eigenvalue weighted by molar-refractivity contribution is -0.119. The van der Waals surface area contributed by atoms with Crippen LogP contribution < -0.4 is 19.2 Å². The van der Waals surface area contributed by atoms with Gasteiger partial charge in [-0.3, -0.25) is 9.10 Å². The third-order valence-corrected chi connectivity index (χ3v) is 7.23. The first-order valence-electron chi connectivity index (χ1n) is 9.83. The molecule has 0 spiro atoms. The van der Waals surface area contributed by atoms with E-state index in [2.05, 4.69) is 10.5 Å². The number of rotatable bonds is 9. The number of nitrogens with zero attached hydrogens (tertiary/aromatic N) is 2. The summed E-state index contributed by atoms with van der Waals surface area (Å²) in [6, 6.07) is 17.3. The summed E-state index contributed by atoms with van der Waals surface area (Å²) in [4.78, 5) is 12.7. The van der Waals surface area contributed by atoms with Crippen LogP contribution in [0.3, 0.4) is 0 Å². The van der Waals surface area contributed by atoms with Crippen molar-refractivity contribution in [2.75, 3.05) is 25.1 Å². The van der Waals surface area contributed by atoms with Crippen LogP contribution in [0.5, 0.6) is 11.5 Å². The summed E-state index contributed by atoms with van der Waals surface area (Å²) < 4.78 is 38.0. The van der Waals surface area contributed by atoms with Crippen molar-refractivity contribution >= 4 is 51.0 Å². The van der Waals surface area contributed by atoms with E-state index >= 15 is 0 Å². The number of hydrazone groups is 1. The molecule has 0 unspecified atom stereocenters. The summed E-state index contributed by atoms with van der Waals surface area (Å²) in [7, 11) is -1.12. The Morgan fingerprint density at radius 2 is 1.76 bits per heavy atom. The van der Waals surface area contributed by atoms with Gasteiger partial charge in [0.2, 0.25) is 0 Å². The lowest BCUT2D eigenvalue weighted by Gasteiger charge is -2.24. The van der Waals surface area contributed by atoms with Crippen LogP contribution in [0.2, 0.25) is 10.0 Å². The Morgan fingerprint density at radius 3 is 2.44 bits per heavy atom. The zero-order valence-corrected chi connectivity index (χ0v) is 20.6. The van der Waals surface area contributed by atoms with E-state index in [9.17, 15) is 13.2 Å². The topological polar surface area (TPSA) is 97.3 Å². The number of benzene rings is 3. The monoisotopic (exact) mass is 521 g/mol. The molecule has 178 valence electrons. The first kappa shape index (κ1) is 25.4. The lowest BCUT2D eigenvalue weighted by Crippen LogP contribution is -2.39. The number of anilines is 1. The van der Waals surface area contributed by atoms with Crippen LogP contribution in [0.25, 0.3) is 0 Å². The van der Waals surface area contributed by atoms with Gasteiger partial charge in [0.1, 0.15) is 18.0 Å². The number of carbonyl (C=O) groups is 1. The minimum absolute atomic E-state index is 0.00101. The fourth-order valence-electron chi connectivity index (χ4n) is 2.98. The van der Waals surface area contributed by atoms with Crippen LogP contribution in [0.15, 0.2) is 76.7 Å². The van der Waals surface area contributed by atoms with Gasteiger partial charge in [0.25, 0.3) is 15.9 Å². The maximum Gasteiger partial charge on any atom is 0.264 e. The van der Waals surface area contributed by atoms with Crippen molar-refractivity contribution in [1.82, 2.24) is 5.43 Å². The fourth-order valence-corrected chi connectivity index (χ4v) is 4.89. The Hall–Kier alpha value is -3.27. The van der Waals surface area contributed by atoms with Crippen molar-refractivity contribution in [2.45, 2.75) is 4.90 Å². The van der Waals surface area contributed by atoms with E-state index in [0.717, 1.165) is 4.31 Å². The minimum atomic E-state index is -4.14. The van der Waals surface area contributed by atoms with Crippen molar-refractivity contribution in [3.05, 3.63) is 82.3 Å². The summed E-state index contributed by atoms with van der Waals surface area (Å²) in [6.07, 6.45) is 1.36. The second kappa shape index (κ2) is 11.2. The highest BCUT2D eigenvalue weighted by Crippen LogP contribution is 2.35. The van der Waals surface area contributed by atoms with Crippen molar-refractivity contribution in [2.24, 2.45) is 5.10 Å². The molecule has 0 bridgehead atoms. The van der Waals surface area contributed by atoms with Crippen LogP contribution in [0, 0.1) is 0 Å². The van der Waals surface area contributed by atoms with E-state index in [-0.39, 0.29) is 20.6 Å². The molecule has 34 heavy (non-hydrogen) atoms. The number of halogens is 2. The summed E-state index contributed by atoms with van der Waals surface area (Å²) in [6.45, 7) is -0.593. The van der Waals surface area contributed by atoms with Crippen molar-refractivity contribution < 1.29 is 22.7 Å². The average molecular weight is 522 g/mol. The number of hydrogen-bond acceptors (Lipinski definition) is 6. The van der Waals surface area contributed by atoms with Gasteiger partial charge in [0, 0.05) is 5.56 Å². The Labute approximate surface area is 207 Å². The molecule has 3 aromatic rings. The first-order valence-corrected chi connectivity index (χ1v) is 12.0. The largest absolute Gasteiger partial charge is 0.497 e. The molecule has 0 saturated heterocycles. The Balaban J connectivity index is 1.88. The third-order valence-electron chi connectivity index (χ3n) is 4.65. The smallest absolute Gasteiger partial charge is 0.264 e. The molecular formula is C23H21Cl2N3O5S. The molecule has 0 aromatic heterocycles. The van der Waals surface area contributed by atoms with Crippen molar-refractivity contribution in [3.8, 4) is 11.5 Å². The Morgan fingerprint density at radius 1 is 1.03 bits per heavy atom. The summed E-state index contributed by atoms with van der Waals surface area (Å²) in [5.41, 5.74) is 2.94. The van der Waals surface area contributed by atoms with E-state index in [0.29, 0.717) is 17.1 Å². The van der Waals surface area contributed by atoms with Gasteiger partial charge < -0.3 is 9.47 Å². The van der Waals surface area contributed by atoms with E-state index in [1.54, 1.807) is 42.5 Å². The van der Waals surface area contributed by atoms with Crippen molar-refractivity contribution in [3.63, 3.8) is 0 Å². The molecule has 0 heterocycles. The average Bonchev–Trinajstić information content (AvgIpc) is 2.85. The van der Waals surface area contributed by atoms with Gasteiger partial charge in [-0.2, -0.15) is 5.10 Å². The summed E-state index contributed by atoms with van der Waals surface area (Å²) >= 11 is 12.4. The van der Waals surface area contributed by atoms with Gasteiger partial charge in [-0.25, -0.2) is 13.8 Å². The standard InChI is InChI=1S/C23H21Cl2N3O5S/c1-32-17-11-12-21(33-2)16(13-17)14-26-27-22(29)15-28(20-10-6-9-19(24)23(20)25)34(30,31)18-7-4-3-5-8-18/h3-14H,15H2,1-2H3,(H,27,29)/b26-14-. The van der Waals surface area contributed by atoms with E-state index in [4.69, 9.17) is 32.7 Å². The highest BCUT2D eigenvalue weighted by molar-refractivity contribution is 7.92. The Bertz CT molecular complexity index is 1300. The fraction of sp³-hybridized carbons (Fsp3) is 0.130. The molecule has 0 aliphatic heterocycles. The second-order valence-electron chi connectivity index (χ2n) is 6.80. The normalized spacial score (nSPS) is 11.3. The molecule has 3 aromatic carbocycles. The van der Waals surface area contributed by atoms with E-state index < -0.39 is 22.5 Å².